The third-order valence-electron chi connectivity index (χ3n) is 5.17. The molecule has 2 heterocycles. The lowest BCUT2D eigenvalue weighted by atomic mass is 10.0. The van der Waals surface area contributed by atoms with Gasteiger partial charge in [-0.15, -0.1) is 10.2 Å². The van der Waals surface area contributed by atoms with Gasteiger partial charge in [-0.2, -0.15) is 5.10 Å². The van der Waals surface area contributed by atoms with Crippen LogP contribution in [0, 0.1) is 13.8 Å². The van der Waals surface area contributed by atoms with Crippen LogP contribution >= 0.6 is 11.8 Å². The number of thioether (sulfide) groups is 1. The topological polar surface area (TPSA) is 85.6 Å². The van der Waals surface area contributed by atoms with Crippen molar-refractivity contribution in [1.29, 1.82) is 0 Å². The van der Waals surface area contributed by atoms with Gasteiger partial charge in [-0.05, 0) is 20.8 Å². The van der Waals surface area contributed by atoms with Crippen molar-refractivity contribution in [3.63, 3.8) is 0 Å². The molecule has 1 unspecified atom stereocenters. The lowest BCUT2D eigenvalue weighted by Crippen LogP contribution is -2.23. The van der Waals surface area contributed by atoms with Gasteiger partial charge in [0.05, 0.1) is 22.3 Å². The molecule has 0 fully saturated rings. The van der Waals surface area contributed by atoms with Crippen LogP contribution in [0.1, 0.15) is 18.3 Å². The lowest BCUT2D eigenvalue weighted by molar-refractivity contribution is -0.115. The molecule has 0 radical (unpaired) electrons. The normalized spacial score (nSPS) is 11.9. The van der Waals surface area contributed by atoms with E-state index in [1.165, 1.54) is 11.8 Å². The van der Waals surface area contributed by atoms with Crippen LogP contribution in [0.4, 0.5) is 5.69 Å². The van der Waals surface area contributed by atoms with Gasteiger partial charge in [0.1, 0.15) is 11.4 Å². The summed E-state index contributed by atoms with van der Waals surface area (Å²) in [6.07, 6.45) is 0. The molecule has 0 bridgehead atoms. The zero-order valence-electron chi connectivity index (χ0n) is 18.4. The number of hydrogen-bond donors (Lipinski definition) is 1. The predicted molar refractivity (Wildman–Crippen MR) is 127 cm³/mol. The monoisotopic (exact) mass is 444 g/mol. The molecule has 0 saturated heterocycles. The maximum absolute atomic E-state index is 12.8. The highest BCUT2D eigenvalue weighted by atomic mass is 32.2. The quantitative estimate of drug-likeness (QED) is 0.435. The molecule has 2 aromatic carbocycles. The fraction of sp³-hybridized carbons (Fsp3) is 0.208. The summed E-state index contributed by atoms with van der Waals surface area (Å²) in [7, 11) is 1.86. The molecule has 0 spiro atoms. The fourth-order valence-electron chi connectivity index (χ4n) is 3.34. The Balaban J connectivity index is 1.61. The van der Waals surface area contributed by atoms with E-state index in [4.69, 9.17) is 4.98 Å². The van der Waals surface area contributed by atoms with Gasteiger partial charge in [0.15, 0.2) is 0 Å². The van der Waals surface area contributed by atoms with Gasteiger partial charge in [-0.1, -0.05) is 72.4 Å². The summed E-state index contributed by atoms with van der Waals surface area (Å²) in [4.78, 5) is 17.6. The van der Waals surface area contributed by atoms with Gasteiger partial charge in [-0.3, -0.25) is 9.48 Å². The van der Waals surface area contributed by atoms with E-state index in [2.05, 4.69) is 20.6 Å². The Labute approximate surface area is 191 Å². The summed E-state index contributed by atoms with van der Waals surface area (Å²) >= 11 is 1.28. The number of nitrogens with zero attached hydrogens (tertiary/aromatic N) is 5. The standard InChI is InChI=1S/C24H24N6OS/c1-15-20(16(2)30(4)29-15)25-23(31)17(3)32-24-26-21(18-11-7-5-8-12-18)22(27-28-24)19-13-9-6-10-14-19/h5-14,17H,1-4H3,(H,25,31). The van der Waals surface area contributed by atoms with Crippen molar-refractivity contribution in [2.45, 2.75) is 31.2 Å². The Bertz CT molecular complexity index is 1240. The van der Waals surface area contributed by atoms with Crippen molar-refractivity contribution >= 4 is 23.4 Å². The number of rotatable bonds is 6. The molecule has 0 aliphatic rings. The Morgan fingerprint density at radius 2 is 1.53 bits per heavy atom. The molecule has 0 aliphatic heterocycles. The number of nitrogens with one attached hydrogen (secondary N) is 1. The number of aromatic nitrogens is 5. The second-order valence-corrected chi connectivity index (χ2v) is 8.75. The smallest absolute Gasteiger partial charge is 0.237 e. The number of anilines is 1. The minimum Gasteiger partial charge on any atom is -0.322 e. The van der Waals surface area contributed by atoms with Crippen molar-refractivity contribution < 1.29 is 4.79 Å². The highest BCUT2D eigenvalue weighted by Crippen LogP contribution is 2.31. The fourth-order valence-corrected chi connectivity index (χ4v) is 4.05. The molecule has 1 atom stereocenters. The summed E-state index contributed by atoms with van der Waals surface area (Å²) in [6.45, 7) is 5.63. The van der Waals surface area contributed by atoms with Crippen LogP contribution in [0.3, 0.4) is 0 Å². The summed E-state index contributed by atoms with van der Waals surface area (Å²) < 4.78 is 1.75. The van der Waals surface area contributed by atoms with Gasteiger partial charge in [-0.25, -0.2) is 4.98 Å². The second-order valence-electron chi connectivity index (χ2n) is 7.44. The molecule has 4 rings (SSSR count). The van der Waals surface area contributed by atoms with E-state index < -0.39 is 5.25 Å². The average molecular weight is 445 g/mol. The van der Waals surface area contributed by atoms with Crippen LogP contribution in [-0.2, 0) is 11.8 Å². The third-order valence-corrected chi connectivity index (χ3v) is 6.12. The minimum absolute atomic E-state index is 0.133. The first-order chi connectivity index (χ1) is 15.4. The molecule has 7 nitrogen and oxygen atoms in total. The zero-order valence-corrected chi connectivity index (χ0v) is 19.2. The Morgan fingerprint density at radius 3 is 2.09 bits per heavy atom. The Hall–Kier alpha value is -3.52. The summed E-state index contributed by atoms with van der Waals surface area (Å²) in [6, 6.07) is 19.7. The van der Waals surface area contributed by atoms with Gasteiger partial charge in [0, 0.05) is 18.2 Å². The third kappa shape index (κ3) is 4.55. The number of aryl methyl sites for hydroxylation is 2. The van der Waals surface area contributed by atoms with Crippen molar-refractivity contribution in [1.82, 2.24) is 25.0 Å². The maximum Gasteiger partial charge on any atom is 0.237 e. The molecule has 1 N–H and O–H groups in total. The van der Waals surface area contributed by atoms with E-state index in [1.54, 1.807) is 4.68 Å². The van der Waals surface area contributed by atoms with Crippen molar-refractivity contribution in [3.05, 3.63) is 72.1 Å². The average Bonchev–Trinajstić information content (AvgIpc) is 3.06. The molecular formula is C24H24N6OS. The van der Waals surface area contributed by atoms with Crippen LogP contribution in [0.25, 0.3) is 22.5 Å². The summed E-state index contributed by atoms with van der Waals surface area (Å²) in [5.74, 6) is -0.133. The van der Waals surface area contributed by atoms with E-state index >= 15 is 0 Å². The molecule has 32 heavy (non-hydrogen) atoms. The molecular weight excluding hydrogens is 420 g/mol. The number of carbonyl (C=O) groups is 1. The van der Waals surface area contributed by atoms with Gasteiger partial charge in [0.2, 0.25) is 11.1 Å². The first-order valence-corrected chi connectivity index (χ1v) is 11.1. The molecule has 0 aliphatic carbocycles. The number of amides is 1. The highest BCUT2D eigenvalue weighted by molar-refractivity contribution is 8.00. The van der Waals surface area contributed by atoms with Crippen molar-refractivity contribution in [2.75, 3.05) is 5.32 Å². The van der Waals surface area contributed by atoms with E-state index in [1.807, 2.05) is 88.5 Å². The highest BCUT2D eigenvalue weighted by Gasteiger charge is 2.21. The van der Waals surface area contributed by atoms with Crippen LogP contribution in [0.15, 0.2) is 65.8 Å². The second kappa shape index (κ2) is 9.32. The number of benzene rings is 2. The SMILES string of the molecule is Cc1nn(C)c(C)c1NC(=O)C(C)Sc1nnc(-c2ccccc2)c(-c2ccccc2)n1. The molecule has 162 valence electrons. The van der Waals surface area contributed by atoms with Crippen LogP contribution in [0.2, 0.25) is 0 Å². The van der Waals surface area contributed by atoms with E-state index in [0.717, 1.165) is 33.9 Å². The molecule has 8 heteroatoms. The van der Waals surface area contributed by atoms with E-state index in [-0.39, 0.29) is 5.91 Å². The van der Waals surface area contributed by atoms with Crippen LogP contribution in [-0.4, -0.2) is 36.1 Å². The first kappa shape index (κ1) is 21.7. The van der Waals surface area contributed by atoms with Gasteiger partial charge < -0.3 is 5.32 Å². The van der Waals surface area contributed by atoms with Gasteiger partial charge in [0.25, 0.3) is 0 Å². The number of carbonyl (C=O) groups excluding carboxylic acids is 1. The molecule has 1 amide bonds. The Morgan fingerprint density at radius 1 is 0.938 bits per heavy atom. The molecule has 0 saturated carbocycles. The minimum atomic E-state index is -0.415. The molecule has 4 aromatic rings. The summed E-state index contributed by atoms with van der Waals surface area (Å²) in [5.41, 5.74) is 5.77. The van der Waals surface area contributed by atoms with Crippen LogP contribution in [0.5, 0.6) is 0 Å². The Kier molecular flexibility index (Phi) is 6.32. The number of hydrogen-bond acceptors (Lipinski definition) is 6. The van der Waals surface area contributed by atoms with Gasteiger partial charge >= 0.3 is 0 Å². The van der Waals surface area contributed by atoms with Crippen LogP contribution < -0.4 is 5.32 Å². The zero-order chi connectivity index (χ0) is 22.7. The van der Waals surface area contributed by atoms with E-state index in [0.29, 0.717) is 10.9 Å². The largest absolute Gasteiger partial charge is 0.322 e. The first-order valence-electron chi connectivity index (χ1n) is 10.3. The van der Waals surface area contributed by atoms with E-state index in [9.17, 15) is 4.79 Å². The summed E-state index contributed by atoms with van der Waals surface area (Å²) in [5, 5.41) is 16.2. The van der Waals surface area contributed by atoms with Crippen molar-refractivity contribution in [2.24, 2.45) is 7.05 Å². The van der Waals surface area contributed by atoms with Crippen molar-refractivity contribution in [3.8, 4) is 22.5 Å². The predicted octanol–water partition coefficient (Wildman–Crippen LogP) is 4.68. The molecule has 2 aromatic heterocycles. The maximum atomic E-state index is 12.8. The lowest BCUT2D eigenvalue weighted by Gasteiger charge is -2.13.